The van der Waals surface area contributed by atoms with Gasteiger partial charge < -0.3 is 4.90 Å². The Morgan fingerprint density at radius 1 is 1.30 bits per heavy atom. The molecule has 1 aliphatic heterocycles. The SMILES string of the molecule is CN1Cc2c(cc(-n3cccn3)cc2C(F)(F)F)C1=O. The highest BCUT2D eigenvalue weighted by Gasteiger charge is 2.39. The second-order valence-electron chi connectivity index (χ2n) is 4.63. The van der Waals surface area contributed by atoms with E-state index < -0.39 is 17.6 Å². The van der Waals surface area contributed by atoms with Gasteiger partial charge in [0.2, 0.25) is 0 Å². The Hall–Kier alpha value is -2.31. The first-order chi connectivity index (χ1) is 9.38. The zero-order chi connectivity index (χ0) is 14.5. The van der Waals surface area contributed by atoms with Crippen molar-refractivity contribution in [3.05, 3.63) is 47.3 Å². The molecular formula is C13H10F3N3O. The van der Waals surface area contributed by atoms with Crippen molar-refractivity contribution in [2.75, 3.05) is 7.05 Å². The molecule has 0 bridgehead atoms. The number of carbonyl (C=O) groups is 1. The van der Waals surface area contributed by atoms with Crippen molar-refractivity contribution < 1.29 is 18.0 Å². The molecule has 2 aromatic rings. The molecular weight excluding hydrogens is 271 g/mol. The van der Waals surface area contributed by atoms with Gasteiger partial charge in [-0.15, -0.1) is 0 Å². The number of hydrogen-bond donors (Lipinski definition) is 0. The van der Waals surface area contributed by atoms with Gasteiger partial charge in [-0.3, -0.25) is 4.79 Å². The maximum absolute atomic E-state index is 13.2. The number of benzene rings is 1. The lowest BCUT2D eigenvalue weighted by molar-refractivity contribution is -0.138. The summed E-state index contributed by atoms with van der Waals surface area (Å²) in [6, 6.07) is 4.08. The van der Waals surface area contributed by atoms with Gasteiger partial charge >= 0.3 is 6.18 Å². The molecule has 1 aromatic heterocycles. The Morgan fingerprint density at radius 3 is 2.65 bits per heavy atom. The fourth-order valence-electron chi connectivity index (χ4n) is 2.34. The van der Waals surface area contributed by atoms with E-state index in [2.05, 4.69) is 5.10 Å². The minimum Gasteiger partial charge on any atom is -0.337 e. The highest BCUT2D eigenvalue weighted by Crippen LogP contribution is 2.38. The van der Waals surface area contributed by atoms with Gasteiger partial charge in [0.25, 0.3) is 5.91 Å². The summed E-state index contributed by atoms with van der Waals surface area (Å²) in [6.07, 6.45) is -1.50. The lowest BCUT2D eigenvalue weighted by Crippen LogP contribution is -2.17. The van der Waals surface area contributed by atoms with E-state index in [0.717, 1.165) is 6.07 Å². The first-order valence-corrected chi connectivity index (χ1v) is 5.87. The van der Waals surface area contributed by atoms with E-state index in [1.54, 1.807) is 6.07 Å². The van der Waals surface area contributed by atoms with Crippen molar-refractivity contribution in [3.8, 4) is 5.69 Å². The van der Waals surface area contributed by atoms with Crippen LogP contribution in [-0.4, -0.2) is 27.6 Å². The molecule has 20 heavy (non-hydrogen) atoms. The van der Waals surface area contributed by atoms with Gasteiger partial charge in [0.1, 0.15) is 0 Å². The first-order valence-electron chi connectivity index (χ1n) is 5.87. The Morgan fingerprint density at radius 2 is 2.05 bits per heavy atom. The van der Waals surface area contributed by atoms with Crippen LogP contribution in [-0.2, 0) is 12.7 Å². The Balaban J connectivity index is 2.25. The summed E-state index contributed by atoms with van der Waals surface area (Å²) in [5, 5.41) is 3.90. The fourth-order valence-corrected chi connectivity index (χ4v) is 2.34. The predicted octanol–water partition coefficient (Wildman–Crippen LogP) is 2.48. The highest BCUT2D eigenvalue weighted by molar-refractivity contribution is 5.99. The van der Waals surface area contributed by atoms with Crippen LogP contribution in [0.4, 0.5) is 13.2 Å². The molecule has 0 N–H and O–H groups in total. The number of halogens is 3. The quantitative estimate of drug-likeness (QED) is 0.805. The summed E-state index contributed by atoms with van der Waals surface area (Å²) in [5.41, 5.74) is -0.434. The summed E-state index contributed by atoms with van der Waals surface area (Å²) < 4.78 is 40.8. The van der Waals surface area contributed by atoms with Crippen LogP contribution in [0.3, 0.4) is 0 Å². The minimum atomic E-state index is -4.50. The Bertz CT molecular complexity index is 677. The number of fused-ring (bicyclic) bond motifs is 1. The van der Waals surface area contributed by atoms with E-state index in [9.17, 15) is 18.0 Å². The second kappa shape index (κ2) is 4.09. The molecule has 4 nitrogen and oxygen atoms in total. The van der Waals surface area contributed by atoms with Crippen molar-refractivity contribution in [1.82, 2.24) is 14.7 Å². The van der Waals surface area contributed by atoms with Crippen LogP contribution in [0.5, 0.6) is 0 Å². The summed E-state index contributed by atoms with van der Waals surface area (Å²) >= 11 is 0. The fraction of sp³-hybridized carbons (Fsp3) is 0.231. The molecule has 0 aliphatic carbocycles. The standard InChI is InChI=1S/C13H10F3N3O/c1-18-7-10-9(12(18)20)5-8(19-4-2-3-17-19)6-11(10)13(14,15)16/h2-6H,7H2,1H3. The zero-order valence-corrected chi connectivity index (χ0v) is 10.5. The van der Waals surface area contributed by atoms with Gasteiger partial charge in [-0.2, -0.15) is 18.3 Å². The number of aromatic nitrogens is 2. The number of amides is 1. The van der Waals surface area contributed by atoms with Gasteiger partial charge in [-0.1, -0.05) is 0 Å². The molecule has 1 aromatic carbocycles. The Kier molecular flexibility index (Phi) is 2.60. The molecule has 0 radical (unpaired) electrons. The molecule has 0 fully saturated rings. The van der Waals surface area contributed by atoms with Crippen LogP contribution in [0.1, 0.15) is 21.5 Å². The van der Waals surface area contributed by atoms with E-state index in [0.29, 0.717) is 0 Å². The number of carbonyl (C=O) groups excluding carboxylic acids is 1. The van der Waals surface area contributed by atoms with Crippen molar-refractivity contribution in [2.24, 2.45) is 0 Å². The van der Waals surface area contributed by atoms with Gasteiger partial charge in [-0.05, 0) is 23.8 Å². The monoisotopic (exact) mass is 281 g/mol. The smallest absolute Gasteiger partial charge is 0.337 e. The van der Waals surface area contributed by atoms with E-state index >= 15 is 0 Å². The van der Waals surface area contributed by atoms with E-state index in [1.165, 1.54) is 35.1 Å². The number of rotatable bonds is 1. The zero-order valence-electron chi connectivity index (χ0n) is 10.5. The highest BCUT2D eigenvalue weighted by atomic mass is 19.4. The average molecular weight is 281 g/mol. The van der Waals surface area contributed by atoms with Crippen LogP contribution in [0.25, 0.3) is 5.69 Å². The molecule has 0 atom stereocenters. The van der Waals surface area contributed by atoms with Gasteiger partial charge in [-0.25, -0.2) is 4.68 Å². The maximum atomic E-state index is 13.2. The third kappa shape index (κ3) is 1.86. The molecule has 0 spiro atoms. The second-order valence-corrected chi connectivity index (χ2v) is 4.63. The lowest BCUT2D eigenvalue weighted by atomic mass is 10.0. The predicted molar refractivity (Wildman–Crippen MR) is 64.4 cm³/mol. The number of nitrogens with zero attached hydrogens (tertiary/aromatic N) is 3. The molecule has 0 unspecified atom stereocenters. The number of hydrogen-bond acceptors (Lipinski definition) is 2. The van der Waals surface area contributed by atoms with Gasteiger partial charge in [0.05, 0.1) is 11.3 Å². The third-order valence-corrected chi connectivity index (χ3v) is 3.28. The summed E-state index contributed by atoms with van der Waals surface area (Å²) in [5.74, 6) is -0.403. The molecule has 0 saturated heterocycles. The Labute approximate surface area is 112 Å². The van der Waals surface area contributed by atoms with Crippen LogP contribution in [0, 0.1) is 0 Å². The third-order valence-electron chi connectivity index (χ3n) is 3.28. The van der Waals surface area contributed by atoms with Crippen LogP contribution >= 0.6 is 0 Å². The molecule has 1 aliphatic rings. The van der Waals surface area contributed by atoms with E-state index in [4.69, 9.17) is 0 Å². The van der Waals surface area contributed by atoms with Crippen molar-refractivity contribution in [3.63, 3.8) is 0 Å². The minimum absolute atomic E-state index is 0.0254. The van der Waals surface area contributed by atoms with E-state index in [1.807, 2.05) is 0 Å². The van der Waals surface area contributed by atoms with Crippen LogP contribution in [0.15, 0.2) is 30.6 Å². The lowest BCUT2D eigenvalue weighted by Gasteiger charge is -2.13. The summed E-state index contributed by atoms with van der Waals surface area (Å²) in [6.45, 7) is -0.0254. The average Bonchev–Trinajstić information content (AvgIpc) is 2.98. The first kappa shape index (κ1) is 12.7. The summed E-state index contributed by atoms with van der Waals surface area (Å²) in [7, 11) is 1.48. The molecule has 7 heteroatoms. The molecule has 2 heterocycles. The van der Waals surface area contributed by atoms with Crippen molar-refractivity contribution >= 4 is 5.91 Å². The molecule has 1 amide bonds. The normalized spacial score (nSPS) is 14.8. The molecule has 104 valence electrons. The maximum Gasteiger partial charge on any atom is 0.416 e. The van der Waals surface area contributed by atoms with Crippen molar-refractivity contribution in [1.29, 1.82) is 0 Å². The molecule has 3 rings (SSSR count). The summed E-state index contributed by atoms with van der Waals surface area (Å²) in [4.78, 5) is 13.2. The largest absolute Gasteiger partial charge is 0.416 e. The van der Waals surface area contributed by atoms with Gasteiger partial charge in [0.15, 0.2) is 0 Å². The van der Waals surface area contributed by atoms with Crippen molar-refractivity contribution in [2.45, 2.75) is 12.7 Å². The van der Waals surface area contributed by atoms with E-state index in [-0.39, 0.29) is 23.4 Å². The molecule has 0 saturated carbocycles. The van der Waals surface area contributed by atoms with Gasteiger partial charge in [0, 0.05) is 31.5 Å². The topological polar surface area (TPSA) is 38.1 Å². The van der Waals surface area contributed by atoms with Crippen LogP contribution in [0.2, 0.25) is 0 Å². The van der Waals surface area contributed by atoms with Crippen LogP contribution < -0.4 is 0 Å². The number of alkyl halides is 3.